The van der Waals surface area contributed by atoms with Gasteiger partial charge in [0.1, 0.15) is 0 Å². The second-order valence-electron chi connectivity index (χ2n) is 5.53. The van der Waals surface area contributed by atoms with Crippen LogP contribution in [0.1, 0.15) is 30.9 Å². The number of hydrogen-bond donors (Lipinski definition) is 1. The van der Waals surface area contributed by atoms with E-state index < -0.39 is 0 Å². The molecule has 0 radical (unpaired) electrons. The first-order valence-electron chi connectivity index (χ1n) is 7.67. The van der Waals surface area contributed by atoms with Gasteiger partial charge in [-0.05, 0) is 37.5 Å². The molecule has 0 aliphatic heterocycles. The third-order valence-corrected chi connectivity index (χ3v) is 3.75. The van der Waals surface area contributed by atoms with Crippen molar-refractivity contribution in [2.24, 2.45) is 0 Å². The number of anilines is 1. The fourth-order valence-corrected chi connectivity index (χ4v) is 2.85. The number of carbonyl (C=O) groups is 2. The van der Waals surface area contributed by atoms with Crippen molar-refractivity contribution in [2.45, 2.75) is 33.6 Å². The van der Waals surface area contributed by atoms with Crippen LogP contribution in [0.5, 0.6) is 0 Å². The van der Waals surface area contributed by atoms with Gasteiger partial charge in [-0.1, -0.05) is 17.7 Å². The van der Waals surface area contributed by atoms with E-state index in [0.717, 1.165) is 17.5 Å². The molecule has 0 saturated heterocycles. The minimum atomic E-state index is -0.133. The largest absolute Gasteiger partial charge is 0.385 e. The number of methoxy groups -OCH3 is 1. The first-order chi connectivity index (χ1) is 10.9. The van der Waals surface area contributed by atoms with Crippen LogP contribution in [0.25, 0.3) is 0 Å². The van der Waals surface area contributed by atoms with Gasteiger partial charge in [0.15, 0.2) is 0 Å². The highest BCUT2D eigenvalue weighted by Gasteiger charge is 2.18. The molecule has 0 fully saturated rings. The Morgan fingerprint density at radius 2 is 2.00 bits per heavy atom. The van der Waals surface area contributed by atoms with Crippen LogP contribution in [0.2, 0.25) is 5.02 Å². The third kappa shape index (κ3) is 6.20. The highest BCUT2D eigenvalue weighted by Crippen LogP contribution is 2.31. The molecule has 0 aliphatic carbocycles. The Labute approximate surface area is 142 Å². The summed E-state index contributed by atoms with van der Waals surface area (Å²) in [4.78, 5) is 25.4. The fraction of sp³-hybridized carbons (Fsp3) is 0.529. The van der Waals surface area contributed by atoms with Crippen molar-refractivity contribution < 1.29 is 14.3 Å². The molecule has 0 spiro atoms. The summed E-state index contributed by atoms with van der Waals surface area (Å²) in [6, 6.07) is 3.80. The second-order valence-corrected chi connectivity index (χ2v) is 5.94. The molecule has 2 amide bonds. The van der Waals surface area contributed by atoms with Gasteiger partial charge in [-0.25, -0.2) is 0 Å². The lowest BCUT2D eigenvalue weighted by Gasteiger charge is -2.24. The lowest BCUT2D eigenvalue weighted by Crippen LogP contribution is -2.35. The normalized spacial score (nSPS) is 10.5. The maximum atomic E-state index is 12.0. The van der Waals surface area contributed by atoms with E-state index in [1.165, 1.54) is 6.92 Å². The monoisotopic (exact) mass is 340 g/mol. The Morgan fingerprint density at radius 1 is 1.30 bits per heavy atom. The molecule has 6 heteroatoms. The molecule has 23 heavy (non-hydrogen) atoms. The van der Waals surface area contributed by atoms with Crippen molar-refractivity contribution in [1.82, 2.24) is 5.32 Å². The Balaban J connectivity index is 2.70. The standard InChI is InChI=1S/C17H25ClN2O3/c1-12-10-13(2)17(15(18)11-12)20(14(3)21)8-6-16(22)19-7-5-9-23-4/h10-11H,5-9H2,1-4H3,(H,19,22). The number of nitrogens with zero attached hydrogens (tertiary/aromatic N) is 1. The Bertz CT molecular complexity index is 538. The number of ether oxygens (including phenoxy) is 1. The molecule has 0 heterocycles. The molecule has 1 N–H and O–H groups in total. The smallest absolute Gasteiger partial charge is 0.223 e. The second kappa shape index (κ2) is 9.53. The Hall–Kier alpha value is -1.59. The Kier molecular flexibility index (Phi) is 8.06. The lowest BCUT2D eigenvalue weighted by molar-refractivity contribution is -0.121. The Morgan fingerprint density at radius 3 is 2.57 bits per heavy atom. The van der Waals surface area contributed by atoms with E-state index in [1.807, 2.05) is 26.0 Å². The summed E-state index contributed by atoms with van der Waals surface area (Å²) in [5.74, 6) is -0.223. The van der Waals surface area contributed by atoms with Gasteiger partial charge in [-0.3, -0.25) is 9.59 Å². The van der Waals surface area contributed by atoms with E-state index >= 15 is 0 Å². The molecule has 1 rings (SSSR count). The van der Waals surface area contributed by atoms with Crippen molar-refractivity contribution >= 4 is 29.1 Å². The molecule has 1 aromatic rings. The first-order valence-corrected chi connectivity index (χ1v) is 8.05. The van der Waals surface area contributed by atoms with Crippen LogP contribution >= 0.6 is 11.6 Å². The number of carbonyl (C=O) groups excluding carboxylic acids is 2. The SMILES string of the molecule is COCCCNC(=O)CCN(C(C)=O)c1c(C)cc(C)cc1Cl. The van der Waals surface area contributed by atoms with Gasteiger partial charge in [0.05, 0.1) is 10.7 Å². The van der Waals surface area contributed by atoms with E-state index in [2.05, 4.69) is 5.32 Å². The number of rotatable bonds is 8. The summed E-state index contributed by atoms with van der Waals surface area (Å²) in [6.07, 6.45) is 0.998. The van der Waals surface area contributed by atoms with Gasteiger partial charge >= 0.3 is 0 Å². The summed E-state index contributed by atoms with van der Waals surface area (Å²) < 4.78 is 4.93. The van der Waals surface area contributed by atoms with Crippen LogP contribution in [-0.4, -0.2) is 38.6 Å². The summed E-state index contributed by atoms with van der Waals surface area (Å²) in [5, 5.41) is 3.34. The maximum absolute atomic E-state index is 12.0. The van der Waals surface area contributed by atoms with Crippen molar-refractivity contribution in [3.63, 3.8) is 0 Å². The number of aryl methyl sites for hydroxylation is 2. The van der Waals surface area contributed by atoms with E-state index in [-0.39, 0.29) is 18.2 Å². The fourth-order valence-electron chi connectivity index (χ4n) is 2.42. The van der Waals surface area contributed by atoms with Gasteiger partial charge in [-0.15, -0.1) is 0 Å². The lowest BCUT2D eigenvalue weighted by atomic mass is 10.1. The average Bonchev–Trinajstić information content (AvgIpc) is 2.45. The quantitative estimate of drug-likeness (QED) is 0.740. The van der Waals surface area contributed by atoms with Gasteiger partial charge in [-0.2, -0.15) is 0 Å². The van der Waals surface area contributed by atoms with E-state index in [9.17, 15) is 9.59 Å². The van der Waals surface area contributed by atoms with Crippen LogP contribution < -0.4 is 10.2 Å². The van der Waals surface area contributed by atoms with Gasteiger partial charge < -0.3 is 15.0 Å². The van der Waals surface area contributed by atoms with Crippen LogP contribution in [0.15, 0.2) is 12.1 Å². The van der Waals surface area contributed by atoms with Crippen LogP contribution in [0, 0.1) is 13.8 Å². The number of hydrogen-bond acceptors (Lipinski definition) is 3. The predicted octanol–water partition coefficient (Wildman–Crippen LogP) is 2.85. The van der Waals surface area contributed by atoms with Crippen LogP contribution in [0.4, 0.5) is 5.69 Å². The zero-order valence-corrected chi connectivity index (χ0v) is 15.0. The molecule has 0 atom stereocenters. The van der Waals surface area contributed by atoms with Crippen molar-refractivity contribution in [2.75, 3.05) is 31.7 Å². The molecular formula is C17H25ClN2O3. The van der Waals surface area contributed by atoms with Crippen molar-refractivity contribution in [1.29, 1.82) is 0 Å². The van der Waals surface area contributed by atoms with Crippen LogP contribution in [0.3, 0.4) is 0 Å². The first kappa shape index (κ1) is 19.5. The molecule has 128 valence electrons. The number of halogens is 1. The molecular weight excluding hydrogens is 316 g/mol. The van der Waals surface area contributed by atoms with E-state index in [1.54, 1.807) is 12.0 Å². The summed E-state index contributed by atoms with van der Waals surface area (Å²) >= 11 is 6.30. The zero-order chi connectivity index (χ0) is 17.4. The molecule has 0 bridgehead atoms. The van der Waals surface area contributed by atoms with Crippen LogP contribution in [-0.2, 0) is 14.3 Å². The molecule has 0 aromatic heterocycles. The molecule has 5 nitrogen and oxygen atoms in total. The zero-order valence-electron chi connectivity index (χ0n) is 14.2. The summed E-state index contributed by atoms with van der Waals surface area (Å²) in [6.45, 7) is 6.82. The third-order valence-electron chi connectivity index (χ3n) is 3.46. The molecule has 0 aliphatic rings. The topological polar surface area (TPSA) is 58.6 Å². The summed E-state index contributed by atoms with van der Waals surface area (Å²) in [7, 11) is 1.63. The van der Waals surface area contributed by atoms with Gasteiger partial charge in [0, 0.05) is 40.2 Å². The molecule has 0 unspecified atom stereocenters. The minimum Gasteiger partial charge on any atom is -0.385 e. The van der Waals surface area contributed by atoms with Gasteiger partial charge in [0.25, 0.3) is 0 Å². The summed E-state index contributed by atoms with van der Waals surface area (Å²) in [5.41, 5.74) is 2.64. The highest BCUT2D eigenvalue weighted by molar-refractivity contribution is 6.34. The average molecular weight is 341 g/mol. The van der Waals surface area contributed by atoms with Crippen molar-refractivity contribution in [3.8, 4) is 0 Å². The van der Waals surface area contributed by atoms with Gasteiger partial charge in [0.2, 0.25) is 11.8 Å². The molecule has 1 aromatic carbocycles. The number of nitrogens with one attached hydrogen (secondary N) is 1. The van der Waals surface area contributed by atoms with E-state index in [4.69, 9.17) is 16.3 Å². The maximum Gasteiger partial charge on any atom is 0.223 e. The number of benzene rings is 1. The van der Waals surface area contributed by atoms with Crippen molar-refractivity contribution in [3.05, 3.63) is 28.3 Å². The minimum absolute atomic E-state index is 0.0896. The van der Waals surface area contributed by atoms with E-state index in [0.29, 0.717) is 30.4 Å². The predicted molar refractivity (Wildman–Crippen MR) is 93.1 cm³/mol. The number of amides is 2. The molecule has 0 saturated carbocycles. The highest BCUT2D eigenvalue weighted by atomic mass is 35.5.